The van der Waals surface area contributed by atoms with Gasteiger partial charge in [-0.1, -0.05) is 39.2 Å². The number of nitrogens with one attached hydrogen (secondary N) is 2. The van der Waals surface area contributed by atoms with Gasteiger partial charge in [0, 0.05) is 23.9 Å². The average molecular weight is 321 g/mol. The van der Waals surface area contributed by atoms with Crippen molar-refractivity contribution >= 4 is 23.2 Å². The van der Waals surface area contributed by atoms with Crippen molar-refractivity contribution in [2.24, 2.45) is 0 Å². The van der Waals surface area contributed by atoms with Crippen LogP contribution in [0.3, 0.4) is 0 Å². The minimum atomic E-state index is -0.820. The number of rotatable bonds is 8. The molecule has 23 heavy (non-hydrogen) atoms. The van der Waals surface area contributed by atoms with E-state index in [1.54, 1.807) is 12.1 Å². The third-order valence-electron chi connectivity index (χ3n) is 3.44. The van der Waals surface area contributed by atoms with E-state index in [1.165, 1.54) is 6.07 Å². The zero-order valence-corrected chi connectivity index (χ0v) is 13.6. The number of unbranched alkanes of at least 4 members (excludes halogenated alkanes) is 3. The van der Waals surface area contributed by atoms with Crippen molar-refractivity contribution in [3.8, 4) is 0 Å². The molecule has 7 nitrogen and oxygen atoms in total. The summed E-state index contributed by atoms with van der Waals surface area (Å²) in [6.45, 7) is 4.35. The fourth-order valence-corrected chi connectivity index (χ4v) is 2.13. The summed E-state index contributed by atoms with van der Waals surface area (Å²) in [5, 5.41) is 15.9. The van der Waals surface area contributed by atoms with Crippen LogP contribution in [0.15, 0.2) is 18.2 Å². The molecule has 126 valence electrons. The molecule has 0 aliphatic rings. The van der Waals surface area contributed by atoms with E-state index in [4.69, 9.17) is 0 Å². The van der Waals surface area contributed by atoms with Gasteiger partial charge in [-0.3, -0.25) is 19.7 Å². The zero-order chi connectivity index (χ0) is 17.2. The first-order chi connectivity index (χ1) is 11.0. The number of aryl methyl sites for hydroxylation is 1. The maximum absolute atomic E-state index is 11.8. The van der Waals surface area contributed by atoms with Crippen LogP contribution in [0.25, 0.3) is 0 Å². The van der Waals surface area contributed by atoms with E-state index in [-0.39, 0.29) is 11.4 Å². The van der Waals surface area contributed by atoms with E-state index >= 15 is 0 Å². The second-order valence-corrected chi connectivity index (χ2v) is 5.22. The second-order valence-electron chi connectivity index (χ2n) is 5.22. The second kappa shape index (κ2) is 9.55. The van der Waals surface area contributed by atoms with Gasteiger partial charge in [-0.15, -0.1) is 0 Å². The van der Waals surface area contributed by atoms with E-state index in [1.807, 2.05) is 6.92 Å². The summed E-state index contributed by atoms with van der Waals surface area (Å²) in [4.78, 5) is 33.9. The Morgan fingerprint density at radius 2 is 1.87 bits per heavy atom. The average Bonchev–Trinajstić information content (AvgIpc) is 2.54. The molecule has 7 heteroatoms. The van der Waals surface area contributed by atoms with Crippen LogP contribution in [0.1, 0.15) is 45.1 Å². The summed E-state index contributed by atoms with van der Waals surface area (Å²) in [6, 6.07) is 4.40. The molecule has 1 aromatic rings. The van der Waals surface area contributed by atoms with Gasteiger partial charge >= 0.3 is 11.8 Å². The number of nitrogens with zero attached hydrogens (tertiary/aromatic N) is 1. The molecule has 0 aliphatic carbocycles. The predicted molar refractivity (Wildman–Crippen MR) is 88.3 cm³/mol. The lowest BCUT2D eigenvalue weighted by molar-refractivity contribution is -0.385. The molecule has 0 saturated carbocycles. The first-order valence-corrected chi connectivity index (χ1v) is 7.86. The summed E-state index contributed by atoms with van der Waals surface area (Å²) in [5.41, 5.74) is 0.749. The van der Waals surface area contributed by atoms with Crippen molar-refractivity contribution in [3.63, 3.8) is 0 Å². The number of benzene rings is 1. The van der Waals surface area contributed by atoms with Crippen molar-refractivity contribution in [2.75, 3.05) is 11.9 Å². The van der Waals surface area contributed by atoms with Crippen LogP contribution >= 0.6 is 0 Å². The number of nitro benzene ring substituents is 1. The highest BCUT2D eigenvalue weighted by Gasteiger charge is 2.17. The fraction of sp³-hybridized carbons (Fsp3) is 0.500. The molecule has 0 fully saturated rings. The predicted octanol–water partition coefficient (Wildman–Crippen LogP) is 2.79. The summed E-state index contributed by atoms with van der Waals surface area (Å²) in [7, 11) is 0. The van der Waals surface area contributed by atoms with E-state index in [0.29, 0.717) is 18.5 Å². The zero-order valence-electron chi connectivity index (χ0n) is 13.6. The lowest BCUT2D eigenvalue weighted by atomic mass is 10.1. The van der Waals surface area contributed by atoms with E-state index < -0.39 is 16.7 Å². The Kier molecular flexibility index (Phi) is 7.73. The molecule has 0 unspecified atom stereocenters. The minimum Gasteiger partial charge on any atom is -0.348 e. The number of anilines is 1. The molecule has 2 N–H and O–H groups in total. The Morgan fingerprint density at radius 1 is 1.13 bits per heavy atom. The summed E-state index contributed by atoms with van der Waals surface area (Å²) < 4.78 is 0. The number of carbonyl (C=O) groups excluding carboxylic acids is 2. The van der Waals surface area contributed by atoms with Gasteiger partial charge < -0.3 is 10.6 Å². The van der Waals surface area contributed by atoms with Gasteiger partial charge in [-0.25, -0.2) is 0 Å². The quantitative estimate of drug-likeness (QED) is 0.333. The minimum absolute atomic E-state index is 0.0646. The van der Waals surface area contributed by atoms with Crippen molar-refractivity contribution in [2.45, 2.75) is 46.0 Å². The largest absolute Gasteiger partial charge is 0.348 e. The molecule has 0 aromatic heterocycles. The highest BCUT2D eigenvalue weighted by atomic mass is 16.6. The van der Waals surface area contributed by atoms with Crippen LogP contribution in [0, 0.1) is 10.1 Å². The van der Waals surface area contributed by atoms with Crippen LogP contribution < -0.4 is 10.6 Å². The first-order valence-electron chi connectivity index (χ1n) is 7.86. The lowest BCUT2D eigenvalue weighted by Crippen LogP contribution is -2.35. The molecule has 0 radical (unpaired) electrons. The standard InChI is InChI=1S/C16H23N3O4/c1-3-5-6-7-10-17-15(20)16(21)18-13-9-8-12(4-2)14(11-13)19(22)23/h8-9,11H,3-7,10H2,1-2H3,(H,17,20)(H,18,21). The molecule has 0 atom stereocenters. The molecular weight excluding hydrogens is 298 g/mol. The number of amides is 2. The third kappa shape index (κ3) is 6.06. The van der Waals surface area contributed by atoms with Crippen molar-refractivity contribution in [1.82, 2.24) is 5.32 Å². The van der Waals surface area contributed by atoms with Gasteiger partial charge in [0.05, 0.1) is 4.92 Å². The van der Waals surface area contributed by atoms with Crippen LogP contribution in [-0.2, 0) is 16.0 Å². The smallest absolute Gasteiger partial charge is 0.313 e. The van der Waals surface area contributed by atoms with Gasteiger partial charge in [-0.05, 0) is 18.9 Å². The molecule has 0 bridgehead atoms. The highest BCUT2D eigenvalue weighted by Crippen LogP contribution is 2.23. The third-order valence-corrected chi connectivity index (χ3v) is 3.44. The molecule has 2 amide bonds. The Hall–Kier alpha value is -2.44. The Bertz CT molecular complexity index is 572. The lowest BCUT2D eigenvalue weighted by Gasteiger charge is -2.07. The number of nitro groups is 1. The summed E-state index contributed by atoms with van der Waals surface area (Å²) >= 11 is 0. The van der Waals surface area contributed by atoms with Gasteiger partial charge in [-0.2, -0.15) is 0 Å². The normalized spacial score (nSPS) is 10.2. The molecule has 0 saturated heterocycles. The van der Waals surface area contributed by atoms with Gasteiger partial charge in [0.2, 0.25) is 0 Å². The molecule has 0 spiro atoms. The van der Waals surface area contributed by atoms with Gasteiger partial charge in [0.25, 0.3) is 5.69 Å². The summed E-state index contributed by atoms with van der Waals surface area (Å²) in [6.07, 6.45) is 4.53. The Balaban J connectivity index is 2.58. The molecule has 0 aliphatic heterocycles. The summed E-state index contributed by atoms with van der Waals surface area (Å²) in [5.74, 6) is -1.55. The van der Waals surface area contributed by atoms with Crippen LogP contribution in [0.5, 0.6) is 0 Å². The topological polar surface area (TPSA) is 101 Å². The molecule has 0 heterocycles. The number of carbonyl (C=O) groups is 2. The SMILES string of the molecule is CCCCCCNC(=O)C(=O)Nc1ccc(CC)c([N+](=O)[O-])c1. The number of hydrogen-bond acceptors (Lipinski definition) is 4. The fourth-order valence-electron chi connectivity index (χ4n) is 2.13. The van der Waals surface area contributed by atoms with E-state index in [2.05, 4.69) is 17.6 Å². The monoisotopic (exact) mass is 321 g/mol. The first kappa shape index (κ1) is 18.6. The Morgan fingerprint density at radius 3 is 2.48 bits per heavy atom. The highest BCUT2D eigenvalue weighted by molar-refractivity contribution is 6.39. The van der Waals surface area contributed by atoms with Gasteiger partial charge in [0.15, 0.2) is 0 Å². The Labute approximate surface area is 135 Å². The molecular formula is C16H23N3O4. The van der Waals surface area contributed by atoms with Crippen LogP contribution in [0.2, 0.25) is 0 Å². The van der Waals surface area contributed by atoms with Crippen molar-refractivity contribution in [3.05, 3.63) is 33.9 Å². The molecule has 1 aromatic carbocycles. The van der Waals surface area contributed by atoms with Gasteiger partial charge in [0.1, 0.15) is 0 Å². The van der Waals surface area contributed by atoms with Crippen molar-refractivity contribution < 1.29 is 14.5 Å². The maximum Gasteiger partial charge on any atom is 0.313 e. The molecule has 1 rings (SSSR count). The van der Waals surface area contributed by atoms with Crippen LogP contribution in [-0.4, -0.2) is 23.3 Å². The van der Waals surface area contributed by atoms with E-state index in [9.17, 15) is 19.7 Å². The van der Waals surface area contributed by atoms with E-state index in [0.717, 1.165) is 25.7 Å². The number of hydrogen-bond donors (Lipinski definition) is 2. The maximum atomic E-state index is 11.8. The van der Waals surface area contributed by atoms with Crippen LogP contribution in [0.4, 0.5) is 11.4 Å². The van der Waals surface area contributed by atoms with Crippen molar-refractivity contribution in [1.29, 1.82) is 0 Å².